The molecule has 0 bridgehead atoms. The third-order valence-corrected chi connectivity index (χ3v) is 9.19. The summed E-state index contributed by atoms with van der Waals surface area (Å²) < 4.78 is 17.1. The number of aliphatic imine (C=N–C) groups is 1. The third-order valence-electron chi connectivity index (χ3n) is 8.59. The maximum absolute atomic E-state index is 13.4. The van der Waals surface area contributed by atoms with Gasteiger partial charge in [0.25, 0.3) is 0 Å². The van der Waals surface area contributed by atoms with Crippen LogP contribution in [-0.4, -0.2) is 41.9 Å². The van der Waals surface area contributed by atoms with Gasteiger partial charge in [-0.1, -0.05) is 59.6 Å². The summed E-state index contributed by atoms with van der Waals surface area (Å²) in [5, 5.41) is 1.78. The van der Waals surface area contributed by atoms with Gasteiger partial charge >= 0.3 is 11.9 Å². The fourth-order valence-electron chi connectivity index (χ4n) is 6.10. The highest BCUT2D eigenvalue weighted by Crippen LogP contribution is 2.54. The minimum absolute atomic E-state index is 0.207. The molecule has 3 aromatic rings. The quantitative estimate of drug-likeness (QED) is 0.109. The highest BCUT2D eigenvalue weighted by Gasteiger charge is 2.58. The number of alkyl halides is 1. The predicted octanol–water partition coefficient (Wildman–Crippen LogP) is 7.88. The molecule has 2 aliphatic heterocycles. The third kappa shape index (κ3) is 4.97. The zero-order valence-electron chi connectivity index (χ0n) is 25.4. The van der Waals surface area contributed by atoms with Crippen LogP contribution >= 0.6 is 15.9 Å². The Morgan fingerprint density at radius 3 is 2.48 bits per heavy atom. The molecule has 7 nitrogen and oxygen atoms in total. The van der Waals surface area contributed by atoms with Gasteiger partial charge in [0.05, 0.1) is 23.7 Å². The van der Waals surface area contributed by atoms with Crippen molar-refractivity contribution >= 4 is 56.2 Å². The molecule has 5 rings (SSSR count). The maximum atomic E-state index is 13.4. The van der Waals surface area contributed by atoms with Crippen molar-refractivity contribution in [3.8, 4) is 11.5 Å². The van der Waals surface area contributed by atoms with Crippen molar-refractivity contribution in [1.29, 1.82) is 0 Å². The summed E-state index contributed by atoms with van der Waals surface area (Å²) in [6.45, 7) is 12.0. The van der Waals surface area contributed by atoms with E-state index in [2.05, 4.69) is 52.9 Å². The zero-order valence-corrected chi connectivity index (χ0v) is 27.0. The van der Waals surface area contributed by atoms with Crippen LogP contribution in [0.1, 0.15) is 66.4 Å². The minimum atomic E-state index is -1.02. The molecule has 1 spiro atoms. The Balaban J connectivity index is 1.39. The number of halogens is 1. The Bertz CT molecular complexity index is 1580. The zero-order chi connectivity index (χ0) is 30.5. The van der Waals surface area contributed by atoms with Crippen LogP contribution in [0, 0.1) is 5.41 Å². The summed E-state index contributed by atoms with van der Waals surface area (Å²) in [6.07, 6.45) is 3.83. The molecule has 0 N–H and O–H groups in total. The van der Waals surface area contributed by atoms with Crippen LogP contribution in [-0.2, 0) is 19.7 Å². The SMILES string of the molecule is CCCCOC(=O)C(C)(Br)CC(C)(C)C(=O)Oc1ccc2ccc3c(c2c1)N=CC1(O3)N(C)c2ccccc2C1(C)C. The molecule has 0 saturated carbocycles. The number of carbonyl (C=O) groups is 2. The van der Waals surface area contributed by atoms with Gasteiger partial charge < -0.3 is 19.1 Å². The van der Waals surface area contributed by atoms with Crippen molar-refractivity contribution in [1.82, 2.24) is 0 Å². The smallest absolute Gasteiger partial charge is 0.322 e. The molecule has 0 aliphatic carbocycles. The molecule has 42 heavy (non-hydrogen) atoms. The number of rotatable bonds is 8. The molecule has 2 aliphatic rings. The monoisotopic (exact) mass is 634 g/mol. The molecule has 2 atom stereocenters. The molecule has 3 aromatic carbocycles. The predicted molar refractivity (Wildman–Crippen MR) is 171 cm³/mol. The number of ether oxygens (including phenoxy) is 3. The normalized spacial score (nSPS) is 20.0. The van der Waals surface area contributed by atoms with E-state index in [-0.39, 0.29) is 17.8 Å². The van der Waals surface area contributed by atoms with Crippen molar-refractivity contribution < 1.29 is 23.8 Å². The topological polar surface area (TPSA) is 77.4 Å². The van der Waals surface area contributed by atoms with Crippen molar-refractivity contribution in [2.24, 2.45) is 10.4 Å². The molecule has 0 aromatic heterocycles. The van der Waals surface area contributed by atoms with E-state index in [0.29, 0.717) is 23.8 Å². The molecular weight excluding hydrogens is 596 g/mol. The second kappa shape index (κ2) is 10.7. The average molecular weight is 636 g/mol. The number of esters is 2. The van der Waals surface area contributed by atoms with Crippen LogP contribution in [0.3, 0.4) is 0 Å². The fraction of sp³-hybridized carbons (Fsp3) is 0.441. The van der Waals surface area contributed by atoms with Gasteiger partial charge in [-0.05, 0) is 82.7 Å². The number of nitrogens with zero attached hydrogens (tertiary/aromatic N) is 2. The number of anilines is 1. The van der Waals surface area contributed by atoms with Gasteiger partial charge in [-0.25, -0.2) is 0 Å². The number of para-hydroxylation sites is 1. The van der Waals surface area contributed by atoms with Crippen LogP contribution < -0.4 is 14.4 Å². The van der Waals surface area contributed by atoms with E-state index in [1.807, 2.05) is 50.5 Å². The number of carbonyl (C=O) groups excluding carboxylic acids is 2. The van der Waals surface area contributed by atoms with Crippen LogP contribution in [0.2, 0.25) is 0 Å². The largest absolute Gasteiger partial charge is 0.465 e. The van der Waals surface area contributed by atoms with Gasteiger partial charge in [0.2, 0.25) is 5.72 Å². The lowest BCUT2D eigenvalue weighted by atomic mass is 9.77. The number of benzene rings is 3. The van der Waals surface area contributed by atoms with Gasteiger partial charge in [0, 0.05) is 18.1 Å². The molecule has 0 radical (unpaired) electrons. The van der Waals surface area contributed by atoms with E-state index in [0.717, 1.165) is 29.3 Å². The van der Waals surface area contributed by atoms with E-state index in [9.17, 15) is 9.59 Å². The number of fused-ring (bicyclic) bond motifs is 4. The van der Waals surface area contributed by atoms with Crippen molar-refractivity contribution in [2.45, 2.75) is 76.3 Å². The summed E-state index contributed by atoms with van der Waals surface area (Å²) in [5.74, 6) is 0.239. The first-order valence-corrected chi connectivity index (χ1v) is 15.3. The lowest BCUT2D eigenvalue weighted by Crippen LogP contribution is -2.61. The highest BCUT2D eigenvalue weighted by molar-refractivity contribution is 9.10. The molecule has 0 amide bonds. The van der Waals surface area contributed by atoms with Crippen LogP contribution in [0.25, 0.3) is 10.8 Å². The van der Waals surface area contributed by atoms with E-state index in [4.69, 9.17) is 19.2 Å². The Labute approximate surface area is 256 Å². The van der Waals surface area contributed by atoms with Crippen molar-refractivity contribution in [3.05, 3.63) is 60.2 Å². The standard InChI is InChI=1S/C34H39BrN2O5/c1-8-9-18-40-30(39)33(6,35)20-31(2,3)29(38)41-23-16-14-22-15-17-27-28(24(22)19-23)36-21-34(42-27)32(4,5)25-12-10-11-13-26(25)37(34)7/h10-17,19,21H,8-9,18,20H2,1-7H3. The summed E-state index contributed by atoms with van der Waals surface area (Å²) in [7, 11) is 2.04. The fourth-order valence-corrected chi connectivity index (χ4v) is 6.91. The van der Waals surface area contributed by atoms with E-state index < -0.39 is 21.4 Å². The summed E-state index contributed by atoms with van der Waals surface area (Å²) >= 11 is 3.49. The first-order valence-electron chi connectivity index (χ1n) is 14.5. The Morgan fingerprint density at radius 1 is 1.05 bits per heavy atom. The van der Waals surface area contributed by atoms with Gasteiger partial charge in [0.1, 0.15) is 21.5 Å². The summed E-state index contributed by atoms with van der Waals surface area (Å²) in [4.78, 5) is 33.1. The van der Waals surface area contributed by atoms with Gasteiger partial charge in [0.15, 0.2) is 0 Å². The van der Waals surface area contributed by atoms with E-state index >= 15 is 0 Å². The number of hydrogen-bond donors (Lipinski definition) is 0. The Kier molecular flexibility index (Phi) is 7.67. The Morgan fingerprint density at radius 2 is 1.76 bits per heavy atom. The highest BCUT2D eigenvalue weighted by atomic mass is 79.9. The molecule has 8 heteroatoms. The second-order valence-electron chi connectivity index (χ2n) is 12.7. The molecule has 0 fully saturated rings. The number of hydrogen-bond acceptors (Lipinski definition) is 7. The molecule has 0 saturated heterocycles. The Hall–Kier alpha value is -3.39. The number of unbranched alkanes of at least 4 members (excludes halogenated alkanes) is 1. The molecule has 2 unspecified atom stereocenters. The van der Waals surface area contributed by atoms with E-state index in [1.165, 1.54) is 5.56 Å². The summed E-state index contributed by atoms with van der Waals surface area (Å²) in [6, 6.07) is 17.8. The van der Waals surface area contributed by atoms with Gasteiger partial charge in [-0.3, -0.25) is 14.6 Å². The minimum Gasteiger partial charge on any atom is -0.465 e. The lowest BCUT2D eigenvalue weighted by molar-refractivity contribution is -0.149. The molecule has 2 heterocycles. The maximum Gasteiger partial charge on any atom is 0.322 e. The second-order valence-corrected chi connectivity index (χ2v) is 14.4. The van der Waals surface area contributed by atoms with E-state index in [1.54, 1.807) is 26.8 Å². The first kappa shape index (κ1) is 30.1. The van der Waals surface area contributed by atoms with Gasteiger partial charge in [-0.15, -0.1) is 0 Å². The molecular formula is C34H39BrN2O5. The lowest BCUT2D eigenvalue weighted by Gasteiger charge is -2.45. The van der Waals surface area contributed by atoms with Gasteiger partial charge in [-0.2, -0.15) is 0 Å². The average Bonchev–Trinajstić information content (AvgIpc) is 3.10. The molecule has 222 valence electrons. The number of likely N-dealkylation sites (N-methyl/N-ethyl adjacent to an activating group) is 1. The van der Waals surface area contributed by atoms with Crippen LogP contribution in [0.5, 0.6) is 11.5 Å². The van der Waals surface area contributed by atoms with Crippen molar-refractivity contribution in [3.63, 3.8) is 0 Å². The van der Waals surface area contributed by atoms with Crippen LogP contribution in [0.4, 0.5) is 11.4 Å². The first-order chi connectivity index (χ1) is 19.7. The van der Waals surface area contributed by atoms with Crippen molar-refractivity contribution in [2.75, 3.05) is 18.6 Å². The van der Waals surface area contributed by atoms with Crippen LogP contribution in [0.15, 0.2) is 59.6 Å². The summed E-state index contributed by atoms with van der Waals surface area (Å²) in [5.41, 5.74) is 0.903.